The number of carbonyl (C=O) groups is 2. The number of benzene rings is 1. The number of ether oxygens (including phenoxy) is 1. The van der Waals surface area contributed by atoms with E-state index in [1.807, 2.05) is 6.07 Å². The fourth-order valence-electron chi connectivity index (χ4n) is 2.90. The average molecular weight is 354 g/mol. The van der Waals surface area contributed by atoms with Crippen LogP contribution in [0.1, 0.15) is 18.4 Å². The van der Waals surface area contributed by atoms with Crippen LogP contribution < -0.4 is 15.5 Å². The van der Waals surface area contributed by atoms with Gasteiger partial charge in [-0.1, -0.05) is 12.1 Å². The summed E-state index contributed by atoms with van der Waals surface area (Å²) in [4.78, 5) is 30.2. The van der Waals surface area contributed by atoms with E-state index < -0.39 is 0 Å². The fraction of sp³-hybridized carbons (Fsp3) is 0.316. The third kappa shape index (κ3) is 4.50. The number of urea groups is 1. The third-order valence-corrected chi connectivity index (χ3v) is 4.23. The Morgan fingerprint density at radius 1 is 1.12 bits per heavy atom. The molecule has 7 heteroatoms. The number of nitrogens with one attached hydrogen (secondary N) is 2. The number of rotatable bonds is 5. The zero-order valence-electron chi connectivity index (χ0n) is 14.7. The summed E-state index contributed by atoms with van der Waals surface area (Å²) in [5, 5.41) is 5.65. The Morgan fingerprint density at radius 3 is 2.54 bits per heavy atom. The van der Waals surface area contributed by atoms with Gasteiger partial charge in [0.05, 0.1) is 19.2 Å². The molecule has 0 spiro atoms. The Hall–Kier alpha value is -3.09. The molecule has 0 radical (unpaired) electrons. The number of nitrogens with zero attached hydrogens (tertiary/aromatic N) is 2. The van der Waals surface area contributed by atoms with Crippen molar-refractivity contribution in [2.45, 2.75) is 19.3 Å². The van der Waals surface area contributed by atoms with Gasteiger partial charge >= 0.3 is 12.0 Å². The molecular weight excluding hydrogens is 332 g/mol. The fourth-order valence-corrected chi connectivity index (χ4v) is 2.90. The van der Waals surface area contributed by atoms with Crippen molar-refractivity contribution in [2.24, 2.45) is 0 Å². The predicted molar refractivity (Wildman–Crippen MR) is 100 cm³/mol. The molecule has 1 aliphatic heterocycles. The highest BCUT2D eigenvalue weighted by Gasteiger charge is 2.17. The maximum Gasteiger partial charge on any atom is 0.323 e. The van der Waals surface area contributed by atoms with Gasteiger partial charge in [0.1, 0.15) is 0 Å². The van der Waals surface area contributed by atoms with Gasteiger partial charge in [0.25, 0.3) is 0 Å². The minimum Gasteiger partial charge on any atom is -0.469 e. The molecule has 1 aliphatic rings. The highest BCUT2D eigenvalue weighted by molar-refractivity contribution is 6.01. The summed E-state index contributed by atoms with van der Waals surface area (Å²) < 4.78 is 4.64. The van der Waals surface area contributed by atoms with E-state index in [1.54, 1.807) is 36.5 Å². The summed E-state index contributed by atoms with van der Waals surface area (Å²) in [5.74, 6) is 0.503. The summed E-state index contributed by atoms with van der Waals surface area (Å²) in [6.45, 7) is 1.91. The van der Waals surface area contributed by atoms with Gasteiger partial charge in [-0.25, -0.2) is 9.78 Å². The SMILES string of the molecule is COC(=O)Cc1ccc(NC(=O)Nc2cccnc2N2CCCC2)cc1. The van der Waals surface area contributed by atoms with Gasteiger partial charge in [0, 0.05) is 25.0 Å². The molecule has 136 valence electrons. The molecule has 2 aromatic rings. The van der Waals surface area contributed by atoms with Crippen LogP contribution >= 0.6 is 0 Å². The van der Waals surface area contributed by atoms with Crippen LogP contribution in [0.2, 0.25) is 0 Å². The number of anilines is 3. The summed E-state index contributed by atoms with van der Waals surface area (Å²) in [5.41, 5.74) is 2.16. The van der Waals surface area contributed by atoms with Gasteiger partial charge in [-0.05, 0) is 42.7 Å². The predicted octanol–water partition coefficient (Wildman–Crippen LogP) is 3.04. The molecule has 0 atom stereocenters. The average Bonchev–Trinajstić information content (AvgIpc) is 3.18. The van der Waals surface area contributed by atoms with Crippen molar-refractivity contribution in [2.75, 3.05) is 35.7 Å². The number of hydrogen-bond donors (Lipinski definition) is 2. The lowest BCUT2D eigenvalue weighted by atomic mass is 10.1. The molecule has 2 N–H and O–H groups in total. The van der Waals surface area contributed by atoms with Crippen LogP contribution in [-0.4, -0.2) is 37.2 Å². The maximum atomic E-state index is 12.3. The van der Waals surface area contributed by atoms with Crippen LogP contribution in [0.3, 0.4) is 0 Å². The van der Waals surface area contributed by atoms with Crippen LogP contribution in [-0.2, 0) is 16.0 Å². The Labute approximate surface area is 152 Å². The van der Waals surface area contributed by atoms with Crippen molar-refractivity contribution in [1.82, 2.24) is 4.98 Å². The van der Waals surface area contributed by atoms with Gasteiger partial charge in [-0.3, -0.25) is 4.79 Å². The number of pyridine rings is 1. The van der Waals surface area contributed by atoms with E-state index in [0.717, 1.165) is 37.3 Å². The molecule has 26 heavy (non-hydrogen) atoms. The quantitative estimate of drug-likeness (QED) is 0.807. The van der Waals surface area contributed by atoms with Crippen molar-refractivity contribution in [3.63, 3.8) is 0 Å². The van der Waals surface area contributed by atoms with E-state index in [2.05, 4.69) is 25.3 Å². The van der Waals surface area contributed by atoms with Crippen molar-refractivity contribution in [1.29, 1.82) is 0 Å². The summed E-state index contributed by atoms with van der Waals surface area (Å²) in [6.07, 6.45) is 4.22. The lowest BCUT2D eigenvalue weighted by Gasteiger charge is -2.20. The lowest BCUT2D eigenvalue weighted by molar-refractivity contribution is -0.139. The second kappa shape index (κ2) is 8.33. The maximum absolute atomic E-state index is 12.3. The van der Waals surface area contributed by atoms with Gasteiger partial charge in [0.2, 0.25) is 0 Å². The molecule has 2 amide bonds. The number of amides is 2. The molecule has 1 aromatic heterocycles. The van der Waals surface area contributed by atoms with Gasteiger partial charge in [-0.2, -0.15) is 0 Å². The van der Waals surface area contributed by atoms with Crippen LogP contribution in [0.25, 0.3) is 0 Å². The first-order valence-electron chi connectivity index (χ1n) is 8.59. The molecular formula is C19H22N4O3. The molecule has 2 heterocycles. The first kappa shape index (κ1) is 17.7. The van der Waals surface area contributed by atoms with E-state index in [1.165, 1.54) is 7.11 Å². The molecule has 1 aromatic carbocycles. The number of methoxy groups -OCH3 is 1. The number of aromatic nitrogens is 1. The lowest BCUT2D eigenvalue weighted by Crippen LogP contribution is -2.24. The minimum absolute atomic E-state index is 0.206. The van der Waals surface area contributed by atoms with Crippen molar-refractivity contribution in [3.05, 3.63) is 48.2 Å². The molecule has 7 nitrogen and oxygen atoms in total. The smallest absolute Gasteiger partial charge is 0.323 e. The molecule has 1 saturated heterocycles. The number of hydrogen-bond acceptors (Lipinski definition) is 5. The molecule has 0 unspecified atom stereocenters. The second-order valence-corrected chi connectivity index (χ2v) is 6.10. The molecule has 1 fully saturated rings. The monoisotopic (exact) mass is 354 g/mol. The van der Waals surface area contributed by atoms with Crippen LogP contribution in [0.15, 0.2) is 42.6 Å². The van der Waals surface area contributed by atoms with Crippen LogP contribution in [0, 0.1) is 0 Å². The summed E-state index contributed by atoms with van der Waals surface area (Å²) >= 11 is 0. The van der Waals surface area contributed by atoms with Crippen molar-refractivity contribution in [3.8, 4) is 0 Å². The standard InChI is InChI=1S/C19H22N4O3/c1-26-17(24)13-14-6-8-15(9-7-14)21-19(25)22-16-5-4-10-20-18(16)23-11-2-3-12-23/h4-10H,2-3,11-13H2,1H3,(H2,21,22,25). The molecule has 0 aliphatic carbocycles. The Balaban J connectivity index is 1.61. The van der Waals surface area contributed by atoms with Gasteiger partial charge < -0.3 is 20.3 Å². The summed E-state index contributed by atoms with van der Waals surface area (Å²) in [6, 6.07) is 10.4. The Bertz CT molecular complexity index is 771. The molecule has 3 rings (SSSR count). The third-order valence-electron chi connectivity index (χ3n) is 4.23. The highest BCUT2D eigenvalue weighted by atomic mass is 16.5. The number of esters is 1. The Morgan fingerprint density at radius 2 is 1.85 bits per heavy atom. The van der Waals surface area contributed by atoms with Crippen molar-refractivity contribution < 1.29 is 14.3 Å². The van der Waals surface area contributed by atoms with E-state index in [0.29, 0.717) is 11.4 Å². The van der Waals surface area contributed by atoms with Gasteiger partial charge in [0.15, 0.2) is 5.82 Å². The summed E-state index contributed by atoms with van der Waals surface area (Å²) in [7, 11) is 1.36. The van der Waals surface area contributed by atoms with Crippen LogP contribution in [0.5, 0.6) is 0 Å². The normalized spacial score (nSPS) is 13.3. The van der Waals surface area contributed by atoms with E-state index >= 15 is 0 Å². The van der Waals surface area contributed by atoms with Crippen molar-refractivity contribution >= 4 is 29.2 Å². The van der Waals surface area contributed by atoms with Gasteiger partial charge in [-0.15, -0.1) is 0 Å². The number of carbonyl (C=O) groups excluding carboxylic acids is 2. The van der Waals surface area contributed by atoms with E-state index in [4.69, 9.17) is 0 Å². The zero-order chi connectivity index (χ0) is 18.4. The largest absolute Gasteiger partial charge is 0.469 e. The zero-order valence-corrected chi connectivity index (χ0v) is 14.7. The topological polar surface area (TPSA) is 83.6 Å². The highest BCUT2D eigenvalue weighted by Crippen LogP contribution is 2.26. The first-order valence-corrected chi connectivity index (χ1v) is 8.59. The van der Waals surface area contributed by atoms with E-state index in [9.17, 15) is 9.59 Å². The van der Waals surface area contributed by atoms with Crippen LogP contribution in [0.4, 0.5) is 22.0 Å². The minimum atomic E-state index is -0.334. The Kier molecular flexibility index (Phi) is 5.68. The molecule has 0 saturated carbocycles. The molecule has 0 bridgehead atoms. The second-order valence-electron chi connectivity index (χ2n) is 6.10. The first-order chi connectivity index (χ1) is 12.7. The van der Waals surface area contributed by atoms with E-state index in [-0.39, 0.29) is 18.4 Å².